The maximum absolute atomic E-state index is 12.1. The molecule has 0 bridgehead atoms. The Bertz CT molecular complexity index is 1320. The van der Waals surface area contributed by atoms with E-state index in [9.17, 15) is 4.79 Å². The van der Waals surface area contributed by atoms with Crippen LogP contribution in [-0.4, -0.2) is 56.7 Å². The predicted molar refractivity (Wildman–Crippen MR) is 144 cm³/mol. The summed E-state index contributed by atoms with van der Waals surface area (Å²) in [5.74, 6) is 1.54. The van der Waals surface area contributed by atoms with Crippen molar-refractivity contribution in [3.05, 3.63) is 77.2 Å². The number of nitrogens with two attached hydrogens (primary N) is 1. The topological polar surface area (TPSA) is 143 Å². The van der Waals surface area contributed by atoms with Gasteiger partial charge in [-0.25, -0.2) is 4.98 Å². The molecule has 1 amide bonds. The van der Waals surface area contributed by atoms with Crippen LogP contribution in [0.3, 0.4) is 0 Å². The van der Waals surface area contributed by atoms with Gasteiger partial charge in [-0.2, -0.15) is 9.97 Å². The number of carbonyl (C=O) groups is 1. The SMILES string of the molecule is Cc1cc(Nc2ncc(-c3nc(C(C)C)no3)c(N)n2)ccc1C(=O)N(C)C.OCCc1ccccc1. The highest BCUT2D eigenvalue weighted by Crippen LogP contribution is 2.26. The van der Waals surface area contributed by atoms with Crippen LogP contribution in [-0.2, 0) is 6.42 Å². The molecular weight excluding hydrogens is 470 g/mol. The number of benzene rings is 2. The Kier molecular flexibility index (Phi) is 9.28. The highest BCUT2D eigenvalue weighted by atomic mass is 16.5. The quantitative estimate of drug-likeness (QED) is 0.338. The summed E-state index contributed by atoms with van der Waals surface area (Å²) in [6.07, 6.45) is 2.31. The smallest absolute Gasteiger partial charge is 0.263 e. The Morgan fingerprint density at radius 3 is 2.43 bits per heavy atom. The van der Waals surface area contributed by atoms with Crippen LogP contribution in [0.5, 0.6) is 0 Å². The van der Waals surface area contributed by atoms with Gasteiger partial charge >= 0.3 is 0 Å². The monoisotopic (exact) mass is 503 g/mol. The number of aryl methyl sites for hydroxylation is 1. The Balaban J connectivity index is 0.000000356. The minimum atomic E-state index is -0.0470. The highest BCUT2D eigenvalue weighted by Gasteiger charge is 2.16. The largest absolute Gasteiger partial charge is 0.396 e. The first-order valence-corrected chi connectivity index (χ1v) is 11.9. The maximum Gasteiger partial charge on any atom is 0.263 e. The Morgan fingerprint density at radius 2 is 1.86 bits per heavy atom. The number of carbonyl (C=O) groups excluding carboxylic acids is 1. The first kappa shape index (κ1) is 27.3. The summed E-state index contributed by atoms with van der Waals surface area (Å²) in [4.78, 5) is 26.5. The average Bonchev–Trinajstić information content (AvgIpc) is 3.36. The fourth-order valence-corrected chi connectivity index (χ4v) is 3.32. The van der Waals surface area contributed by atoms with Crippen LogP contribution >= 0.6 is 0 Å². The van der Waals surface area contributed by atoms with Gasteiger partial charge in [0.05, 0.1) is 0 Å². The number of anilines is 3. The van der Waals surface area contributed by atoms with Crippen LogP contribution in [0, 0.1) is 6.92 Å². The second-order valence-corrected chi connectivity index (χ2v) is 8.92. The van der Waals surface area contributed by atoms with E-state index in [1.807, 2.05) is 57.2 Å². The van der Waals surface area contributed by atoms with E-state index >= 15 is 0 Å². The number of hydrogen-bond acceptors (Lipinski definition) is 9. The number of aliphatic hydroxyl groups excluding tert-OH is 1. The van der Waals surface area contributed by atoms with Gasteiger partial charge in [0, 0.05) is 44.1 Å². The minimum Gasteiger partial charge on any atom is -0.396 e. The van der Waals surface area contributed by atoms with Gasteiger partial charge in [0.1, 0.15) is 11.4 Å². The summed E-state index contributed by atoms with van der Waals surface area (Å²) in [5.41, 5.74) is 9.96. The van der Waals surface area contributed by atoms with Gasteiger partial charge in [0.2, 0.25) is 5.95 Å². The molecule has 0 atom stereocenters. The van der Waals surface area contributed by atoms with Gasteiger partial charge in [-0.1, -0.05) is 49.3 Å². The van der Waals surface area contributed by atoms with Crippen molar-refractivity contribution >= 4 is 23.4 Å². The van der Waals surface area contributed by atoms with E-state index in [1.165, 1.54) is 5.56 Å². The van der Waals surface area contributed by atoms with E-state index in [2.05, 4.69) is 25.4 Å². The number of aliphatic hydroxyl groups is 1. The lowest BCUT2D eigenvalue weighted by molar-refractivity contribution is 0.0827. The number of nitrogen functional groups attached to an aromatic ring is 1. The zero-order valence-electron chi connectivity index (χ0n) is 21.8. The molecule has 2 heterocycles. The number of aromatic nitrogens is 4. The van der Waals surface area contributed by atoms with E-state index in [4.69, 9.17) is 15.4 Å². The molecule has 4 N–H and O–H groups in total. The fraction of sp³-hybridized carbons (Fsp3) is 0.296. The van der Waals surface area contributed by atoms with Crippen molar-refractivity contribution in [2.75, 3.05) is 31.8 Å². The third-order valence-corrected chi connectivity index (χ3v) is 5.37. The lowest BCUT2D eigenvalue weighted by Gasteiger charge is -2.14. The zero-order chi connectivity index (χ0) is 26.9. The van der Waals surface area contributed by atoms with Crippen LogP contribution in [0.15, 0.2) is 59.3 Å². The Labute approximate surface area is 216 Å². The molecule has 0 saturated carbocycles. The third kappa shape index (κ3) is 7.34. The molecule has 2 aromatic heterocycles. The van der Waals surface area contributed by atoms with E-state index in [0.717, 1.165) is 17.7 Å². The molecule has 10 heteroatoms. The van der Waals surface area contributed by atoms with Crippen molar-refractivity contribution in [1.29, 1.82) is 0 Å². The number of nitrogens with zero attached hydrogens (tertiary/aromatic N) is 5. The highest BCUT2D eigenvalue weighted by molar-refractivity contribution is 5.95. The second kappa shape index (κ2) is 12.6. The molecule has 4 rings (SSSR count). The van der Waals surface area contributed by atoms with Crippen LogP contribution in [0.25, 0.3) is 11.5 Å². The summed E-state index contributed by atoms with van der Waals surface area (Å²) >= 11 is 0. The molecule has 0 aliphatic heterocycles. The molecule has 0 aliphatic rings. The van der Waals surface area contributed by atoms with Crippen molar-refractivity contribution < 1.29 is 14.4 Å². The summed E-state index contributed by atoms with van der Waals surface area (Å²) < 4.78 is 5.24. The predicted octanol–water partition coefficient (Wildman–Crippen LogP) is 4.21. The first-order valence-electron chi connectivity index (χ1n) is 11.9. The molecule has 10 nitrogen and oxygen atoms in total. The van der Waals surface area contributed by atoms with Gasteiger partial charge in [0.25, 0.3) is 11.8 Å². The standard InChI is InChI=1S/C19H23N7O2.C8H10O/c1-10(2)16-24-17(28-25-16)14-9-21-19(23-15(14)20)22-12-6-7-13(11(3)8-12)18(27)26(4)5;9-7-6-8-4-2-1-3-5-8/h6-10H,1-5H3,(H3,20,21,22,23);1-5,9H,6-7H2. The van der Waals surface area contributed by atoms with Gasteiger partial charge < -0.3 is 25.6 Å². The van der Waals surface area contributed by atoms with E-state index in [0.29, 0.717) is 22.9 Å². The lowest BCUT2D eigenvalue weighted by atomic mass is 10.1. The van der Waals surface area contributed by atoms with Crippen molar-refractivity contribution in [3.8, 4) is 11.5 Å². The molecule has 0 spiro atoms. The lowest BCUT2D eigenvalue weighted by Crippen LogP contribution is -2.22. The van der Waals surface area contributed by atoms with Crippen LogP contribution < -0.4 is 11.1 Å². The fourth-order valence-electron chi connectivity index (χ4n) is 3.32. The average molecular weight is 504 g/mol. The van der Waals surface area contributed by atoms with Crippen molar-refractivity contribution in [2.45, 2.75) is 33.1 Å². The number of amides is 1. The third-order valence-electron chi connectivity index (χ3n) is 5.37. The Hall–Kier alpha value is -4.31. The van der Waals surface area contributed by atoms with Crippen molar-refractivity contribution in [2.24, 2.45) is 0 Å². The first-order chi connectivity index (χ1) is 17.7. The van der Waals surface area contributed by atoms with Crippen LogP contribution in [0.4, 0.5) is 17.5 Å². The molecule has 0 radical (unpaired) electrons. The molecule has 4 aromatic rings. The minimum absolute atomic E-state index is 0.0470. The number of hydrogen-bond donors (Lipinski definition) is 3. The second-order valence-electron chi connectivity index (χ2n) is 8.92. The van der Waals surface area contributed by atoms with Gasteiger partial charge in [-0.3, -0.25) is 4.79 Å². The van der Waals surface area contributed by atoms with Gasteiger partial charge in [-0.05, 0) is 42.7 Å². The molecule has 0 unspecified atom stereocenters. The van der Waals surface area contributed by atoms with E-state index in [-0.39, 0.29) is 30.1 Å². The maximum atomic E-state index is 12.1. The molecule has 0 saturated heterocycles. The summed E-state index contributed by atoms with van der Waals surface area (Å²) in [6.45, 7) is 6.06. The molecular formula is C27H33N7O3. The summed E-state index contributed by atoms with van der Waals surface area (Å²) in [5, 5.41) is 15.5. The van der Waals surface area contributed by atoms with Crippen LogP contribution in [0.2, 0.25) is 0 Å². The van der Waals surface area contributed by atoms with Gasteiger partial charge in [-0.15, -0.1) is 0 Å². The molecule has 0 aliphatic carbocycles. The number of nitrogens with one attached hydrogen (secondary N) is 1. The molecule has 37 heavy (non-hydrogen) atoms. The Morgan fingerprint density at radius 1 is 1.14 bits per heavy atom. The van der Waals surface area contributed by atoms with Crippen LogP contribution in [0.1, 0.15) is 47.1 Å². The zero-order valence-corrected chi connectivity index (χ0v) is 21.8. The normalized spacial score (nSPS) is 10.6. The van der Waals surface area contributed by atoms with E-state index in [1.54, 1.807) is 37.3 Å². The van der Waals surface area contributed by atoms with Gasteiger partial charge in [0.15, 0.2) is 5.82 Å². The van der Waals surface area contributed by atoms with Crippen molar-refractivity contribution in [3.63, 3.8) is 0 Å². The van der Waals surface area contributed by atoms with E-state index < -0.39 is 0 Å². The molecule has 194 valence electrons. The number of rotatable bonds is 7. The molecule has 2 aromatic carbocycles. The van der Waals surface area contributed by atoms with Crippen molar-refractivity contribution in [1.82, 2.24) is 25.0 Å². The summed E-state index contributed by atoms with van der Waals surface area (Å²) in [6, 6.07) is 15.4. The summed E-state index contributed by atoms with van der Waals surface area (Å²) in [7, 11) is 3.44. The molecule has 0 fully saturated rings.